The molecule has 0 aromatic heterocycles. The lowest BCUT2D eigenvalue weighted by Gasteiger charge is -2.22. The lowest BCUT2D eigenvalue weighted by molar-refractivity contribution is -0.120. The van der Waals surface area contributed by atoms with E-state index in [1.807, 2.05) is 67.6 Å². The SMILES string of the molecule is CCc1ccc(C2=Nc3ccccc3N(CC(=O)Nc3ccc(C)cc3)C(=O)C2)cc1. The van der Waals surface area contributed by atoms with Crippen molar-refractivity contribution in [2.45, 2.75) is 26.7 Å². The number of aryl methyl sites for hydroxylation is 2. The first-order chi connectivity index (χ1) is 15.0. The summed E-state index contributed by atoms with van der Waals surface area (Å²) >= 11 is 0. The number of nitrogens with zero attached hydrogens (tertiary/aromatic N) is 2. The van der Waals surface area contributed by atoms with Gasteiger partial charge in [0.15, 0.2) is 0 Å². The molecule has 3 aromatic rings. The molecule has 1 N–H and O–H groups in total. The quantitative estimate of drug-likeness (QED) is 0.638. The van der Waals surface area contributed by atoms with Gasteiger partial charge in [-0.2, -0.15) is 0 Å². The highest BCUT2D eigenvalue weighted by Crippen LogP contribution is 2.33. The van der Waals surface area contributed by atoms with Crippen LogP contribution in [0, 0.1) is 6.92 Å². The summed E-state index contributed by atoms with van der Waals surface area (Å²) < 4.78 is 0. The zero-order valence-corrected chi connectivity index (χ0v) is 17.8. The van der Waals surface area contributed by atoms with Gasteiger partial charge in [0.1, 0.15) is 6.54 Å². The van der Waals surface area contributed by atoms with Crippen molar-refractivity contribution in [1.82, 2.24) is 0 Å². The highest BCUT2D eigenvalue weighted by Gasteiger charge is 2.26. The second-order valence-corrected chi connectivity index (χ2v) is 7.67. The van der Waals surface area contributed by atoms with Crippen molar-refractivity contribution >= 4 is 34.6 Å². The van der Waals surface area contributed by atoms with Crippen LogP contribution >= 0.6 is 0 Å². The Balaban J connectivity index is 1.59. The molecule has 0 spiro atoms. The first-order valence-corrected chi connectivity index (χ1v) is 10.5. The summed E-state index contributed by atoms with van der Waals surface area (Å²) in [6, 6.07) is 23.2. The number of anilines is 2. The summed E-state index contributed by atoms with van der Waals surface area (Å²) in [5, 5.41) is 2.87. The molecule has 0 bridgehead atoms. The number of hydrogen-bond acceptors (Lipinski definition) is 3. The molecule has 0 fully saturated rings. The van der Waals surface area contributed by atoms with E-state index in [1.54, 1.807) is 0 Å². The van der Waals surface area contributed by atoms with E-state index < -0.39 is 0 Å². The fourth-order valence-corrected chi connectivity index (χ4v) is 3.60. The van der Waals surface area contributed by atoms with E-state index in [-0.39, 0.29) is 24.8 Å². The van der Waals surface area contributed by atoms with Crippen LogP contribution in [0.1, 0.15) is 30.0 Å². The molecule has 0 saturated carbocycles. The molecule has 5 nitrogen and oxygen atoms in total. The minimum atomic E-state index is -0.247. The Morgan fingerprint density at radius 3 is 2.42 bits per heavy atom. The second-order valence-electron chi connectivity index (χ2n) is 7.67. The Morgan fingerprint density at radius 1 is 1.00 bits per heavy atom. The fourth-order valence-electron chi connectivity index (χ4n) is 3.60. The molecular formula is C26H25N3O2. The van der Waals surface area contributed by atoms with Gasteiger partial charge in [0.25, 0.3) is 0 Å². The maximum atomic E-state index is 13.2. The molecule has 4 rings (SSSR count). The van der Waals surface area contributed by atoms with Crippen molar-refractivity contribution in [2.24, 2.45) is 4.99 Å². The predicted octanol–water partition coefficient (Wildman–Crippen LogP) is 5.05. The molecule has 1 aliphatic rings. The topological polar surface area (TPSA) is 61.8 Å². The van der Waals surface area contributed by atoms with E-state index in [0.717, 1.165) is 17.5 Å². The zero-order valence-electron chi connectivity index (χ0n) is 17.8. The molecule has 1 aliphatic heterocycles. The molecule has 0 saturated heterocycles. The van der Waals surface area contributed by atoms with Crippen molar-refractivity contribution in [3.05, 3.63) is 89.5 Å². The Labute approximate surface area is 182 Å². The van der Waals surface area contributed by atoms with Crippen molar-refractivity contribution in [3.63, 3.8) is 0 Å². The molecule has 31 heavy (non-hydrogen) atoms. The summed E-state index contributed by atoms with van der Waals surface area (Å²) in [7, 11) is 0. The lowest BCUT2D eigenvalue weighted by Crippen LogP contribution is -2.38. The van der Waals surface area contributed by atoms with Crippen molar-refractivity contribution in [2.75, 3.05) is 16.8 Å². The smallest absolute Gasteiger partial charge is 0.244 e. The van der Waals surface area contributed by atoms with Crippen molar-refractivity contribution in [3.8, 4) is 0 Å². The van der Waals surface area contributed by atoms with E-state index in [1.165, 1.54) is 10.5 Å². The maximum absolute atomic E-state index is 13.2. The zero-order chi connectivity index (χ0) is 21.8. The first kappa shape index (κ1) is 20.5. The highest BCUT2D eigenvalue weighted by molar-refractivity contribution is 6.19. The number of carbonyl (C=O) groups is 2. The van der Waals surface area contributed by atoms with E-state index in [0.29, 0.717) is 22.8 Å². The maximum Gasteiger partial charge on any atom is 0.244 e. The van der Waals surface area contributed by atoms with E-state index >= 15 is 0 Å². The van der Waals surface area contributed by atoms with Crippen molar-refractivity contribution < 1.29 is 9.59 Å². The Morgan fingerprint density at radius 2 is 1.71 bits per heavy atom. The number of nitrogens with one attached hydrogen (secondary N) is 1. The Bertz CT molecular complexity index is 1130. The standard InChI is InChI=1S/C26H25N3O2/c1-3-19-10-12-20(13-11-19)23-16-26(31)29(24-7-5-4-6-22(24)28-23)17-25(30)27-21-14-8-18(2)9-15-21/h4-15H,3,16-17H2,1-2H3,(H,27,30). The van der Waals surface area contributed by atoms with Crippen molar-refractivity contribution in [1.29, 1.82) is 0 Å². The lowest BCUT2D eigenvalue weighted by atomic mass is 10.0. The van der Waals surface area contributed by atoms with E-state index in [2.05, 4.69) is 24.4 Å². The Hall–Kier alpha value is -3.73. The van der Waals surface area contributed by atoms with Crippen LogP contribution in [0.3, 0.4) is 0 Å². The van der Waals surface area contributed by atoms with E-state index in [9.17, 15) is 9.59 Å². The van der Waals surface area contributed by atoms with Crippen LogP contribution in [-0.4, -0.2) is 24.1 Å². The normalized spacial score (nSPS) is 13.3. The van der Waals surface area contributed by atoms with Crippen LogP contribution in [0.2, 0.25) is 0 Å². The van der Waals surface area contributed by atoms with Gasteiger partial charge in [-0.3, -0.25) is 14.6 Å². The average molecular weight is 412 g/mol. The number of rotatable bonds is 5. The molecule has 0 radical (unpaired) electrons. The fraction of sp³-hybridized carbons (Fsp3) is 0.192. The number of amides is 2. The molecule has 2 amide bonds. The minimum absolute atomic E-state index is 0.0682. The molecule has 0 aliphatic carbocycles. The van der Waals surface area contributed by atoms with Gasteiger partial charge in [-0.05, 0) is 48.7 Å². The third-order valence-electron chi connectivity index (χ3n) is 5.38. The van der Waals surface area contributed by atoms with Crippen LogP contribution in [0.15, 0.2) is 77.8 Å². The van der Waals surface area contributed by atoms with Crippen LogP contribution in [0.25, 0.3) is 0 Å². The number of aliphatic imine (C=N–C) groups is 1. The molecule has 0 atom stereocenters. The average Bonchev–Trinajstić information content (AvgIpc) is 2.92. The number of hydrogen-bond donors (Lipinski definition) is 1. The summed E-state index contributed by atoms with van der Waals surface area (Å²) in [4.78, 5) is 32.2. The molecule has 3 aromatic carbocycles. The number of carbonyl (C=O) groups excluding carboxylic acids is 2. The van der Waals surface area contributed by atoms with Gasteiger partial charge in [0.2, 0.25) is 11.8 Å². The van der Waals surface area contributed by atoms with Crippen LogP contribution in [0.5, 0.6) is 0 Å². The summed E-state index contributed by atoms with van der Waals surface area (Å²) in [6.07, 6.45) is 1.09. The van der Waals surface area contributed by atoms with Gasteiger partial charge in [0.05, 0.1) is 23.5 Å². The molecule has 1 heterocycles. The number of para-hydroxylation sites is 2. The third-order valence-corrected chi connectivity index (χ3v) is 5.38. The van der Waals surface area contributed by atoms with Crippen LogP contribution < -0.4 is 10.2 Å². The molecule has 0 unspecified atom stereocenters. The summed E-state index contributed by atoms with van der Waals surface area (Å²) in [6.45, 7) is 4.03. The largest absolute Gasteiger partial charge is 0.325 e. The molecular weight excluding hydrogens is 386 g/mol. The minimum Gasteiger partial charge on any atom is -0.325 e. The third kappa shape index (κ3) is 4.72. The van der Waals surface area contributed by atoms with Gasteiger partial charge >= 0.3 is 0 Å². The number of fused-ring (bicyclic) bond motifs is 1. The predicted molar refractivity (Wildman–Crippen MR) is 125 cm³/mol. The first-order valence-electron chi connectivity index (χ1n) is 10.5. The summed E-state index contributed by atoms with van der Waals surface area (Å²) in [5.74, 6) is -0.398. The summed E-state index contributed by atoms with van der Waals surface area (Å²) in [5.41, 5.74) is 6.02. The van der Waals surface area contributed by atoms with Gasteiger partial charge in [-0.1, -0.05) is 61.0 Å². The van der Waals surface area contributed by atoms with Crippen LogP contribution in [-0.2, 0) is 16.0 Å². The number of benzene rings is 3. The highest BCUT2D eigenvalue weighted by atomic mass is 16.2. The second kappa shape index (κ2) is 8.96. The monoisotopic (exact) mass is 411 g/mol. The van der Waals surface area contributed by atoms with Crippen LogP contribution in [0.4, 0.5) is 17.1 Å². The molecule has 5 heteroatoms. The van der Waals surface area contributed by atoms with Gasteiger partial charge in [-0.25, -0.2) is 0 Å². The Kier molecular flexibility index (Phi) is 5.94. The van der Waals surface area contributed by atoms with E-state index in [4.69, 9.17) is 4.99 Å². The van der Waals surface area contributed by atoms with Gasteiger partial charge in [-0.15, -0.1) is 0 Å². The molecule has 156 valence electrons. The van der Waals surface area contributed by atoms with Gasteiger partial charge < -0.3 is 10.2 Å². The van der Waals surface area contributed by atoms with Gasteiger partial charge in [0, 0.05) is 5.69 Å².